The van der Waals surface area contributed by atoms with Gasteiger partial charge in [0.2, 0.25) is 0 Å². The molecule has 2 aliphatic heterocycles. The Kier molecular flexibility index (Phi) is 3.23. The highest BCUT2D eigenvalue weighted by molar-refractivity contribution is 7.87. The van der Waals surface area contributed by atoms with Crippen LogP contribution in [0.25, 0.3) is 0 Å². The molecular weight excluding hydrogens is 256 g/mol. The van der Waals surface area contributed by atoms with Crippen LogP contribution in [0.3, 0.4) is 0 Å². The predicted molar refractivity (Wildman–Crippen MR) is 56.0 cm³/mol. The van der Waals surface area contributed by atoms with E-state index in [9.17, 15) is 21.6 Å². The minimum Gasteiger partial charge on any atom is -0.266 e. The van der Waals surface area contributed by atoms with Gasteiger partial charge in [-0.25, -0.2) is 0 Å². The lowest BCUT2D eigenvalue weighted by atomic mass is 9.41. The van der Waals surface area contributed by atoms with E-state index in [4.69, 9.17) is 0 Å². The average Bonchev–Trinajstić information content (AvgIpc) is 2.14. The third kappa shape index (κ3) is 2.62. The average molecular weight is 269 g/mol. The number of fused-ring (bicyclic) bond motifs is 2. The molecule has 0 N–H and O–H groups in total. The fraction of sp³-hybridized carbons (Fsp3) is 1.00. The lowest BCUT2D eigenvalue weighted by Gasteiger charge is -2.43. The molecule has 97 valence electrons. The van der Waals surface area contributed by atoms with Gasteiger partial charge in [-0.1, -0.05) is 31.5 Å². The second-order valence-electron chi connectivity index (χ2n) is 4.76. The predicted octanol–water partition coefficient (Wildman–Crippen LogP) is 2.41. The molecule has 0 aliphatic carbocycles. The van der Waals surface area contributed by atoms with Crippen molar-refractivity contribution in [2.24, 2.45) is 0 Å². The third-order valence-corrected chi connectivity index (χ3v) is 4.57. The molecule has 3 nitrogen and oxygen atoms in total. The van der Waals surface area contributed by atoms with Crippen molar-refractivity contribution in [2.45, 2.75) is 55.4 Å². The van der Waals surface area contributed by atoms with Crippen molar-refractivity contribution in [1.82, 2.24) is 0 Å². The van der Waals surface area contributed by atoms with Crippen molar-refractivity contribution in [3.05, 3.63) is 0 Å². The van der Waals surface area contributed by atoms with Gasteiger partial charge in [-0.15, -0.1) is 0 Å². The van der Waals surface area contributed by atoms with Crippen LogP contribution in [0.2, 0.25) is 5.82 Å². The van der Waals surface area contributed by atoms with Crippen LogP contribution in [0.15, 0.2) is 0 Å². The Morgan fingerprint density at radius 2 is 1.71 bits per heavy atom. The minimum absolute atomic E-state index is 0.195. The van der Waals surface area contributed by atoms with E-state index in [0.717, 1.165) is 12.8 Å². The molecule has 0 aromatic carbocycles. The van der Waals surface area contributed by atoms with E-state index < -0.39 is 21.1 Å². The molecule has 0 aromatic rings. The van der Waals surface area contributed by atoms with E-state index >= 15 is 0 Å². The van der Waals surface area contributed by atoms with Crippen molar-refractivity contribution in [2.75, 3.05) is 0 Å². The van der Waals surface area contributed by atoms with E-state index in [0.29, 0.717) is 25.7 Å². The van der Waals surface area contributed by atoms with Crippen LogP contribution in [-0.4, -0.2) is 26.7 Å². The van der Waals surface area contributed by atoms with E-state index in [1.54, 1.807) is 7.28 Å². The summed E-state index contributed by atoms with van der Waals surface area (Å²) in [6.45, 7) is 0. The van der Waals surface area contributed by atoms with Gasteiger partial charge in [0.05, 0.1) is 5.50 Å². The van der Waals surface area contributed by atoms with E-state index in [-0.39, 0.29) is 5.82 Å². The van der Waals surface area contributed by atoms with Gasteiger partial charge in [0.1, 0.15) is 0 Å². The number of alkyl halides is 3. The molecule has 8 heteroatoms. The number of halogens is 3. The highest BCUT2D eigenvalue weighted by atomic mass is 32.2. The molecule has 2 saturated heterocycles. The smallest absolute Gasteiger partial charge is 0.266 e. The van der Waals surface area contributed by atoms with Gasteiger partial charge in [-0.05, 0) is 12.8 Å². The second kappa shape index (κ2) is 4.15. The summed E-state index contributed by atoms with van der Waals surface area (Å²) in [5.74, 6) is 0.195. The van der Waals surface area contributed by atoms with Crippen molar-refractivity contribution < 1.29 is 25.8 Å². The molecule has 2 fully saturated rings. The molecule has 17 heavy (non-hydrogen) atoms. The van der Waals surface area contributed by atoms with Crippen molar-refractivity contribution in [3.63, 3.8) is 0 Å². The zero-order valence-corrected chi connectivity index (χ0v) is 9.98. The molecular formula is C9H13BF3O3S. The standard InChI is InChI=1S/C9H13BF3O3S/c11-9(12,13)17(14,15)16-8-5-1-3-7(10-8)4-2-6-8/h7H,1-6H2. The zero-order valence-electron chi connectivity index (χ0n) is 9.16. The number of rotatable bonds is 2. The maximum atomic E-state index is 12.3. The van der Waals surface area contributed by atoms with E-state index in [1.165, 1.54) is 0 Å². The summed E-state index contributed by atoms with van der Waals surface area (Å²) in [4.78, 5) is 0. The topological polar surface area (TPSA) is 43.4 Å². The van der Waals surface area contributed by atoms with Gasteiger partial charge < -0.3 is 0 Å². The monoisotopic (exact) mass is 269 g/mol. The Morgan fingerprint density at radius 3 is 2.18 bits per heavy atom. The van der Waals surface area contributed by atoms with Gasteiger partial charge in [-0.2, -0.15) is 21.6 Å². The van der Waals surface area contributed by atoms with Crippen LogP contribution < -0.4 is 0 Å². The normalized spacial score (nSPS) is 34.2. The summed E-state index contributed by atoms with van der Waals surface area (Å²) in [6, 6.07) is 0. The highest BCUT2D eigenvalue weighted by Crippen LogP contribution is 2.44. The largest absolute Gasteiger partial charge is 0.523 e. The summed E-state index contributed by atoms with van der Waals surface area (Å²) >= 11 is 0. The van der Waals surface area contributed by atoms with Gasteiger partial charge in [0, 0.05) is 0 Å². The van der Waals surface area contributed by atoms with E-state index in [1.807, 2.05) is 0 Å². The molecule has 0 saturated carbocycles. The molecule has 2 bridgehead atoms. The fourth-order valence-corrected chi connectivity index (χ4v) is 3.49. The molecule has 0 aromatic heterocycles. The Balaban J connectivity index is 2.17. The summed E-state index contributed by atoms with van der Waals surface area (Å²) in [5.41, 5.74) is -6.55. The number of hydrogen-bond acceptors (Lipinski definition) is 3. The lowest BCUT2D eigenvalue weighted by Crippen LogP contribution is -2.50. The maximum Gasteiger partial charge on any atom is 0.523 e. The molecule has 0 unspecified atom stereocenters. The summed E-state index contributed by atoms with van der Waals surface area (Å²) < 4.78 is 63.4. The van der Waals surface area contributed by atoms with E-state index in [2.05, 4.69) is 4.18 Å². The van der Waals surface area contributed by atoms with Crippen LogP contribution >= 0.6 is 0 Å². The molecule has 2 aliphatic rings. The first-order valence-corrected chi connectivity index (χ1v) is 7.03. The Bertz CT molecular complexity index is 383. The molecule has 2 rings (SSSR count). The van der Waals surface area contributed by atoms with Gasteiger partial charge in [0.25, 0.3) is 0 Å². The Labute approximate surface area is 99.1 Å². The molecule has 0 atom stereocenters. The van der Waals surface area contributed by atoms with Crippen molar-refractivity contribution in [1.29, 1.82) is 0 Å². The van der Waals surface area contributed by atoms with Crippen molar-refractivity contribution in [3.8, 4) is 0 Å². The maximum absolute atomic E-state index is 12.3. The Hall–Kier alpha value is -0.235. The summed E-state index contributed by atoms with van der Waals surface area (Å²) in [6.07, 6.45) is 3.98. The zero-order chi connectivity index (χ0) is 12.7. The van der Waals surface area contributed by atoms with Gasteiger partial charge >= 0.3 is 15.6 Å². The molecule has 2 heterocycles. The first kappa shape index (κ1) is 13.2. The minimum atomic E-state index is -5.49. The third-order valence-electron chi connectivity index (χ3n) is 3.45. The number of hydrogen-bond donors (Lipinski definition) is 0. The fourth-order valence-electron chi connectivity index (χ4n) is 2.74. The SMILES string of the molecule is O=S(=O)(OC12[B]C(CCC1)CCC2)C(F)(F)F. The molecule has 0 spiro atoms. The summed E-state index contributed by atoms with van der Waals surface area (Å²) in [7, 11) is -3.82. The van der Waals surface area contributed by atoms with Crippen LogP contribution in [0.4, 0.5) is 13.2 Å². The first-order valence-electron chi connectivity index (χ1n) is 5.62. The van der Waals surface area contributed by atoms with Crippen LogP contribution in [0.5, 0.6) is 0 Å². The highest BCUT2D eigenvalue weighted by Gasteiger charge is 2.53. The lowest BCUT2D eigenvalue weighted by molar-refractivity contribution is -0.0617. The summed E-state index contributed by atoms with van der Waals surface area (Å²) in [5, 5.41) is 0. The van der Waals surface area contributed by atoms with Crippen molar-refractivity contribution >= 4 is 17.4 Å². The van der Waals surface area contributed by atoms with Crippen LogP contribution in [0, 0.1) is 0 Å². The molecule has 1 radical (unpaired) electrons. The van der Waals surface area contributed by atoms with Gasteiger partial charge in [-0.3, -0.25) is 4.18 Å². The Morgan fingerprint density at radius 1 is 1.18 bits per heavy atom. The second-order valence-corrected chi connectivity index (χ2v) is 6.30. The first-order chi connectivity index (χ1) is 7.74. The van der Waals surface area contributed by atoms with Gasteiger partial charge in [0.15, 0.2) is 7.28 Å². The van der Waals surface area contributed by atoms with Crippen LogP contribution in [0.1, 0.15) is 38.5 Å². The quantitative estimate of drug-likeness (QED) is 0.439. The van der Waals surface area contributed by atoms with Crippen LogP contribution in [-0.2, 0) is 14.3 Å². The molecule has 0 amide bonds.